The minimum atomic E-state index is 0.0365. The SMILES string of the molecule is C=C/C(=C\C=NC)C(=N)N=CCCCC.CNCC(C)(C)CN=C1NNC/C=C/C=C\C=C\1O. The van der Waals surface area contributed by atoms with Gasteiger partial charge >= 0.3 is 0 Å². The monoisotopic (exact) mass is 469 g/mol. The van der Waals surface area contributed by atoms with Gasteiger partial charge in [-0.2, -0.15) is 0 Å². The number of allylic oxidation sites excluding steroid dienone is 5. The number of aliphatic hydroxyl groups excluding tert-OH is 1. The van der Waals surface area contributed by atoms with Crippen LogP contribution in [0.5, 0.6) is 0 Å². The average Bonchev–Trinajstić information content (AvgIpc) is 2.81. The minimum absolute atomic E-state index is 0.0365. The van der Waals surface area contributed by atoms with Crippen molar-refractivity contribution < 1.29 is 5.11 Å². The minimum Gasteiger partial charge on any atom is -0.504 e. The molecule has 1 aliphatic heterocycles. The van der Waals surface area contributed by atoms with Crippen LogP contribution in [0.15, 0.2) is 75.4 Å². The first-order chi connectivity index (χ1) is 16.3. The third-order valence-corrected chi connectivity index (χ3v) is 4.41. The molecule has 0 bridgehead atoms. The van der Waals surface area contributed by atoms with Gasteiger partial charge in [-0.25, -0.2) is 10.4 Å². The zero-order valence-electron chi connectivity index (χ0n) is 21.4. The number of hydrogen-bond donors (Lipinski definition) is 5. The van der Waals surface area contributed by atoms with Gasteiger partial charge < -0.3 is 15.8 Å². The van der Waals surface area contributed by atoms with Gasteiger partial charge in [0.1, 0.15) is 0 Å². The molecule has 0 aliphatic carbocycles. The molecule has 0 aromatic rings. The Labute approximate surface area is 205 Å². The molecule has 188 valence electrons. The van der Waals surface area contributed by atoms with Gasteiger partial charge in [-0.15, -0.1) is 0 Å². The summed E-state index contributed by atoms with van der Waals surface area (Å²) in [5.74, 6) is 0.824. The van der Waals surface area contributed by atoms with Crippen molar-refractivity contribution in [2.45, 2.75) is 40.0 Å². The number of amidine groups is 2. The smallest absolute Gasteiger partial charge is 0.178 e. The molecule has 8 heteroatoms. The summed E-state index contributed by atoms with van der Waals surface area (Å²) in [4.78, 5) is 12.3. The predicted octanol–water partition coefficient (Wildman–Crippen LogP) is 4.33. The quantitative estimate of drug-likeness (QED) is 0.142. The number of hydrazine groups is 1. The molecule has 0 spiro atoms. The highest BCUT2D eigenvalue weighted by atomic mass is 16.3. The summed E-state index contributed by atoms with van der Waals surface area (Å²) in [5, 5.41) is 20.8. The maximum Gasteiger partial charge on any atom is 0.178 e. The number of nitrogens with one attached hydrogen (secondary N) is 4. The van der Waals surface area contributed by atoms with Crippen LogP contribution in [0.1, 0.15) is 40.0 Å². The maximum atomic E-state index is 9.95. The molecule has 0 saturated heterocycles. The second kappa shape index (κ2) is 19.4. The predicted molar refractivity (Wildman–Crippen MR) is 149 cm³/mol. The Kier molecular flexibility index (Phi) is 17.6. The Morgan fingerprint density at radius 1 is 1.32 bits per heavy atom. The number of rotatable bonds is 10. The standard InChI is InChI=1S/C14H24N4O.C12H19N3/c1-14(2,10-15-3)11-16-13-12(19)8-6-4-5-7-9-17-18-13;1-4-6-7-9-15-12(13)11(5-2)8-10-14-3/h4-8,15,17,19H,9-11H2,1-3H3,(H,16,18);5,8-10,13H,2,4,6-7H2,1,3H3/b6-4-,7-5+,12-8-;11-8+,13-12?,14-10?,15-9?. The topological polar surface area (TPSA) is 117 Å². The van der Waals surface area contributed by atoms with Gasteiger partial charge in [0, 0.05) is 44.7 Å². The van der Waals surface area contributed by atoms with Crippen molar-refractivity contribution >= 4 is 24.1 Å². The molecule has 0 unspecified atom stereocenters. The van der Waals surface area contributed by atoms with Crippen molar-refractivity contribution in [3.05, 3.63) is 60.4 Å². The lowest BCUT2D eigenvalue weighted by Gasteiger charge is -2.22. The molecule has 0 fully saturated rings. The van der Waals surface area contributed by atoms with E-state index in [1.54, 1.807) is 43.8 Å². The lowest BCUT2D eigenvalue weighted by atomic mass is 9.94. The van der Waals surface area contributed by atoms with Gasteiger partial charge in [-0.1, -0.05) is 64.2 Å². The molecule has 0 amide bonds. The fourth-order valence-corrected chi connectivity index (χ4v) is 2.57. The molecule has 8 nitrogen and oxygen atoms in total. The van der Waals surface area contributed by atoms with Crippen molar-refractivity contribution in [1.82, 2.24) is 16.2 Å². The Bertz CT molecular complexity index is 815. The van der Waals surface area contributed by atoms with Crippen molar-refractivity contribution in [2.24, 2.45) is 20.4 Å². The van der Waals surface area contributed by atoms with Crippen molar-refractivity contribution in [3.8, 4) is 0 Å². The highest BCUT2D eigenvalue weighted by Gasteiger charge is 2.17. The van der Waals surface area contributed by atoms with Gasteiger partial charge in [-0.05, 0) is 37.5 Å². The van der Waals surface area contributed by atoms with Gasteiger partial charge in [-0.3, -0.25) is 15.4 Å². The average molecular weight is 470 g/mol. The Hall–Kier alpha value is -3.10. The molecular weight excluding hydrogens is 426 g/mol. The number of unbranched alkanes of at least 4 members (excludes halogenated alkanes) is 2. The van der Waals surface area contributed by atoms with E-state index in [-0.39, 0.29) is 17.0 Å². The fraction of sp³-hybridized carbons (Fsp3) is 0.462. The van der Waals surface area contributed by atoms with Gasteiger partial charge in [0.05, 0.1) is 0 Å². The Morgan fingerprint density at radius 2 is 2.09 bits per heavy atom. The van der Waals surface area contributed by atoms with E-state index in [2.05, 4.69) is 58.5 Å². The molecule has 0 saturated carbocycles. The maximum absolute atomic E-state index is 9.95. The molecule has 34 heavy (non-hydrogen) atoms. The van der Waals surface area contributed by atoms with E-state index in [1.165, 1.54) is 0 Å². The Morgan fingerprint density at radius 3 is 2.74 bits per heavy atom. The van der Waals surface area contributed by atoms with E-state index in [1.807, 2.05) is 25.3 Å². The number of nitrogens with zero attached hydrogens (tertiary/aromatic N) is 3. The number of hydrogen-bond acceptors (Lipinski definition) is 6. The van der Waals surface area contributed by atoms with Crippen LogP contribution in [0.4, 0.5) is 0 Å². The van der Waals surface area contributed by atoms with Crippen LogP contribution in [0.2, 0.25) is 0 Å². The van der Waals surface area contributed by atoms with E-state index >= 15 is 0 Å². The summed E-state index contributed by atoms with van der Waals surface area (Å²) >= 11 is 0. The summed E-state index contributed by atoms with van der Waals surface area (Å²) in [6.45, 7) is 12.2. The van der Waals surface area contributed by atoms with Crippen LogP contribution in [0.25, 0.3) is 0 Å². The molecule has 1 aliphatic rings. The van der Waals surface area contributed by atoms with E-state index in [0.717, 1.165) is 25.8 Å². The summed E-state index contributed by atoms with van der Waals surface area (Å²) in [7, 11) is 3.61. The fourth-order valence-electron chi connectivity index (χ4n) is 2.57. The molecule has 0 aromatic carbocycles. The highest BCUT2D eigenvalue weighted by molar-refractivity contribution is 6.05. The summed E-state index contributed by atoms with van der Waals surface area (Å²) in [6, 6.07) is 0. The summed E-state index contributed by atoms with van der Waals surface area (Å²) < 4.78 is 0. The molecule has 1 heterocycles. The van der Waals surface area contributed by atoms with Gasteiger partial charge in [0.25, 0.3) is 0 Å². The summed E-state index contributed by atoms with van der Waals surface area (Å²) in [6.07, 6.45) is 19.1. The van der Waals surface area contributed by atoms with E-state index < -0.39 is 0 Å². The van der Waals surface area contributed by atoms with Crippen LogP contribution in [-0.4, -0.2) is 62.9 Å². The first-order valence-electron chi connectivity index (χ1n) is 11.6. The number of aliphatic imine (C=N–C) groups is 3. The number of aliphatic hydroxyl groups is 1. The molecule has 0 radical (unpaired) electrons. The zero-order valence-corrected chi connectivity index (χ0v) is 21.4. The highest BCUT2D eigenvalue weighted by Crippen LogP contribution is 2.14. The molecule has 0 atom stereocenters. The largest absolute Gasteiger partial charge is 0.504 e. The lowest BCUT2D eigenvalue weighted by molar-refractivity contribution is 0.363. The zero-order chi connectivity index (χ0) is 25.7. The van der Waals surface area contributed by atoms with Crippen LogP contribution in [-0.2, 0) is 0 Å². The van der Waals surface area contributed by atoms with Crippen LogP contribution < -0.4 is 16.2 Å². The summed E-state index contributed by atoms with van der Waals surface area (Å²) in [5.41, 5.74) is 6.64. The molecule has 5 N–H and O–H groups in total. The third kappa shape index (κ3) is 15.7. The van der Waals surface area contributed by atoms with Crippen molar-refractivity contribution in [2.75, 3.05) is 33.7 Å². The van der Waals surface area contributed by atoms with Crippen LogP contribution in [0, 0.1) is 10.8 Å². The first-order valence-corrected chi connectivity index (χ1v) is 11.6. The van der Waals surface area contributed by atoms with Gasteiger partial charge in [0.15, 0.2) is 17.4 Å². The van der Waals surface area contributed by atoms with E-state index in [9.17, 15) is 5.11 Å². The van der Waals surface area contributed by atoms with Crippen molar-refractivity contribution in [3.63, 3.8) is 0 Å². The molecular formula is C26H43N7O. The van der Waals surface area contributed by atoms with E-state index in [0.29, 0.717) is 24.5 Å². The van der Waals surface area contributed by atoms with Crippen molar-refractivity contribution in [1.29, 1.82) is 5.41 Å². The van der Waals surface area contributed by atoms with Gasteiger partial charge in [0.2, 0.25) is 0 Å². The van der Waals surface area contributed by atoms with Crippen LogP contribution in [0.3, 0.4) is 0 Å². The Balaban J connectivity index is 0.000000661. The molecule has 1 rings (SSSR count). The first kappa shape index (κ1) is 30.9. The van der Waals surface area contributed by atoms with E-state index in [4.69, 9.17) is 5.41 Å². The third-order valence-electron chi connectivity index (χ3n) is 4.41. The second-order valence-corrected chi connectivity index (χ2v) is 8.27. The van der Waals surface area contributed by atoms with Crippen LogP contribution >= 0.6 is 0 Å². The lowest BCUT2D eigenvalue weighted by Crippen LogP contribution is -2.39. The normalized spacial score (nSPS) is 19.6. The second-order valence-electron chi connectivity index (χ2n) is 8.27. The molecule has 0 aromatic heterocycles.